The van der Waals surface area contributed by atoms with E-state index in [1.807, 2.05) is 41.3 Å². The quantitative estimate of drug-likeness (QED) is 0.457. The zero-order valence-corrected chi connectivity index (χ0v) is 21.6. The average molecular weight is 482 g/mol. The summed E-state index contributed by atoms with van der Waals surface area (Å²) in [4.78, 5) is 15.7. The van der Waals surface area contributed by atoms with E-state index in [1.165, 1.54) is 5.56 Å². The van der Waals surface area contributed by atoms with Crippen molar-refractivity contribution in [2.75, 3.05) is 7.11 Å². The highest BCUT2D eigenvalue weighted by atomic mass is 16.5. The molecule has 5 heteroatoms. The van der Waals surface area contributed by atoms with E-state index in [0.717, 1.165) is 35.3 Å². The number of amides is 1. The number of carbonyl (C=O) groups is 1. The van der Waals surface area contributed by atoms with Gasteiger partial charge >= 0.3 is 0 Å². The molecule has 1 aliphatic rings. The van der Waals surface area contributed by atoms with Crippen molar-refractivity contribution in [1.82, 2.24) is 10.2 Å². The van der Waals surface area contributed by atoms with Gasteiger partial charge in [-0.15, -0.1) is 0 Å². The molecule has 1 heterocycles. The number of nitrogens with zero attached hydrogens (tertiary/aromatic N) is 2. The molecule has 3 aromatic carbocycles. The summed E-state index contributed by atoms with van der Waals surface area (Å²) < 4.78 is 5.65. The second kappa shape index (κ2) is 11.0. The summed E-state index contributed by atoms with van der Waals surface area (Å²) in [6.07, 6.45) is 1.93. The number of ether oxygens (including phenoxy) is 1. The molecule has 0 bridgehead atoms. The van der Waals surface area contributed by atoms with E-state index in [1.54, 1.807) is 19.2 Å². The summed E-state index contributed by atoms with van der Waals surface area (Å²) in [6.45, 7) is 7.21. The maximum absolute atomic E-state index is 13.7. The minimum Gasteiger partial charge on any atom is -0.496 e. The average Bonchev–Trinajstić information content (AvgIpc) is 3.31. The van der Waals surface area contributed by atoms with Gasteiger partial charge in [0.05, 0.1) is 37.4 Å². The first-order valence-corrected chi connectivity index (χ1v) is 12.6. The maximum Gasteiger partial charge on any atom is 0.228 e. The molecular formula is C31H35N3O2. The molecule has 1 N–H and O–H groups in total. The molecule has 0 aliphatic carbocycles. The summed E-state index contributed by atoms with van der Waals surface area (Å²) >= 11 is 0. The molecule has 5 nitrogen and oxygen atoms in total. The second-order valence-corrected chi connectivity index (χ2v) is 10.5. The highest BCUT2D eigenvalue weighted by Gasteiger charge is 2.37. The van der Waals surface area contributed by atoms with Gasteiger partial charge in [-0.25, -0.2) is 0 Å². The number of carbonyl (C=O) groups excluding carboxylic acids is 1. The van der Waals surface area contributed by atoms with E-state index in [2.05, 4.69) is 56.4 Å². The van der Waals surface area contributed by atoms with Crippen LogP contribution in [0.15, 0.2) is 72.8 Å². The van der Waals surface area contributed by atoms with Crippen LogP contribution in [0.1, 0.15) is 67.5 Å². The van der Waals surface area contributed by atoms with Gasteiger partial charge in [0.25, 0.3) is 0 Å². The van der Waals surface area contributed by atoms with E-state index in [9.17, 15) is 10.1 Å². The summed E-state index contributed by atoms with van der Waals surface area (Å²) in [6, 6.07) is 26.1. The number of nitrogens with one attached hydrogen (secondary N) is 1. The molecule has 0 spiro atoms. The predicted molar refractivity (Wildman–Crippen MR) is 142 cm³/mol. The van der Waals surface area contributed by atoms with Gasteiger partial charge in [-0.2, -0.15) is 5.26 Å². The van der Waals surface area contributed by atoms with Crippen LogP contribution >= 0.6 is 0 Å². The summed E-state index contributed by atoms with van der Waals surface area (Å²) in [5.74, 6) is 0.906. The summed E-state index contributed by atoms with van der Waals surface area (Å²) in [5, 5.41) is 12.9. The van der Waals surface area contributed by atoms with Crippen molar-refractivity contribution >= 4 is 5.91 Å². The van der Waals surface area contributed by atoms with Crippen molar-refractivity contribution in [3.8, 4) is 11.8 Å². The first-order chi connectivity index (χ1) is 17.3. The number of rotatable bonds is 7. The van der Waals surface area contributed by atoms with Crippen LogP contribution in [0.3, 0.4) is 0 Å². The lowest BCUT2D eigenvalue weighted by atomic mass is 9.86. The van der Waals surface area contributed by atoms with Crippen LogP contribution in [0.4, 0.5) is 0 Å². The molecule has 1 amide bonds. The Hall–Kier alpha value is -3.62. The Labute approximate surface area is 214 Å². The van der Waals surface area contributed by atoms with Gasteiger partial charge in [0.2, 0.25) is 5.91 Å². The lowest BCUT2D eigenvalue weighted by Crippen LogP contribution is -2.46. The third kappa shape index (κ3) is 5.78. The highest BCUT2D eigenvalue weighted by Crippen LogP contribution is 2.36. The van der Waals surface area contributed by atoms with Gasteiger partial charge in [0.1, 0.15) is 5.75 Å². The Bertz CT molecular complexity index is 1240. The molecule has 4 rings (SSSR count). The molecule has 2 unspecified atom stereocenters. The number of likely N-dealkylation sites (tertiary alicyclic amines) is 1. The van der Waals surface area contributed by atoms with Crippen molar-refractivity contribution < 1.29 is 9.53 Å². The van der Waals surface area contributed by atoms with E-state index in [4.69, 9.17) is 4.74 Å². The molecular weight excluding hydrogens is 446 g/mol. The minimum absolute atomic E-state index is 0.0122. The van der Waals surface area contributed by atoms with Crippen LogP contribution < -0.4 is 10.1 Å². The molecule has 186 valence electrons. The fourth-order valence-corrected chi connectivity index (χ4v) is 4.99. The maximum atomic E-state index is 13.7. The topological polar surface area (TPSA) is 65.4 Å². The Morgan fingerprint density at radius 1 is 1.06 bits per heavy atom. The van der Waals surface area contributed by atoms with Crippen molar-refractivity contribution in [1.29, 1.82) is 5.26 Å². The first kappa shape index (κ1) is 25.5. The number of nitriles is 1. The molecule has 0 saturated carbocycles. The van der Waals surface area contributed by atoms with E-state index in [0.29, 0.717) is 12.1 Å². The fraction of sp³-hybridized carbons (Fsp3) is 0.355. The zero-order chi connectivity index (χ0) is 25.7. The van der Waals surface area contributed by atoms with Crippen LogP contribution in [0.5, 0.6) is 5.75 Å². The molecule has 1 fully saturated rings. The second-order valence-electron chi connectivity index (χ2n) is 10.5. The standard InChI is InChI=1S/C31H35N3O2/c1-31(2,3)26-13-15-28(36-4)25(19-26)21-33-29-16-14-27(24-11-6-5-7-12-24)34(29)30(35)18-22-9-8-10-23(17-22)20-32/h5-13,15,17,19,27,29,33H,14,16,18,21H2,1-4H3. The number of methoxy groups -OCH3 is 1. The normalized spacial score (nSPS) is 17.6. The smallest absolute Gasteiger partial charge is 0.228 e. The van der Waals surface area contributed by atoms with Crippen LogP contribution in [-0.2, 0) is 23.2 Å². The van der Waals surface area contributed by atoms with Gasteiger partial charge < -0.3 is 9.64 Å². The lowest BCUT2D eigenvalue weighted by molar-refractivity contribution is -0.134. The van der Waals surface area contributed by atoms with E-state index in [-0.39, 0.29) is 30.0 Å². The molecule has 2 atom stereocenters. The van der Waals surface area contributed by atoms with Crippen LogP contribution in [0.25, 0.3) is 0 Å². The van der Waals surface area contributed by atoms with Crippen LogP contribution in [0.2, 0.25) is 0 Å². The lowest BCUT2D eigenvalue weighted by Gasteiger charge is -2.32. The predicted octanol–water partition coefficient (Wildman–Crippen LogP) is 5.89. The van der Waals surface area contributed by atoms with Crippen molar-refractivity contribution in [3.05, 3.63) is 101 Å². The zero-order valence-electron chi connectivity index (χ0n) is 21.6. The number of hydrogen-bond donors (Lipinski definition) is 1. The van der Waals surface area contributed by atoms with Gasteiger partial charge in [-0.05, 0) is 53.1 Å². The molecule has 3 aromatic rings. The molecule has 36 heavy (non-hydrogen) atoms. The third-order valence-electron chi connectivity index (χ3n) is 6.94. The van der Waals surface area contributed by atoms with Crippen LogP contribution in [-0.4, -0.2) is 24.1 Å². The fourth-order valence-electron chi connectivity index (χ4n) is 4.99. The van der Waals surface area contributed by atoms with Gasteiger partial charge in [-0.3, -0.25) is 10.1 Å². The first-order valence-electron chi connectivity index (χ1n) is 12.6. The van der Waals surface area contributed by atoms with Crippen molar-refractivity contribution in [2.24, 2.45) is 0 Å². The van der Waals surface area contributed by atoms with Gasteiger partial charge in [-0.1, -0.05) is 75.4 Å². The number of benzene rings is 3. The van der Waals surface area contributed by atoms with Crippen molar-refractivity contribution in [2.45, 2.75) is 64.2 Å². The largest absolute Gasteiger partial charge is 0.496 e. The Morgan fingerprint density at radius 3 is 2.53 bits per heavy atom. The monoisotopic (exact) mass is 481 g/mol. The third-order valence-corrected chi connectivity index (χ3v) is 6.94. The Balaban J connectivity index is 1.58. The SMILES string of the molecule is COc1ccc(C(C)(C)C)cc1CNC1CCC(c2ccccc2)N1C(=O)Cc1cccc(C#N)c1. The van der Waals surface area contributed by atoms with Crippen LogP contribution in [0, 0.1) is 11.3 Å². The van der Waals surface area contributed by atoms with E-state index < -0.39 is 0 Å². The number of hydrogen-bond acceptors (Lipinski definition) is 4. The summed E-state index contributed by atoms with van der Waals surface area (Å²) in [5.41, 5.74) is 4.94. The Kier molecular flexibility index (Phi) is 7.76. The highest BCUT2D eigenvalue weighted by molar-refractivity contribution is 5.80. The van der Waals surface area contributed by atoms with Gasteiger partial charge in [0.15, 0.2) is 0 Å². The van der Waals surface area contributed by atoms with Crippen molar-refractivity contribution in [3.63, 3.8) is 0 Å². The molecule has 0 radical (unpaired) electrons. The summed E-state index contributed by atoms with van der Waals surface area (Å²) in [7, 11) is 1.70. The molecule has 1 saturated heterocycles. The van der Waals surface area contributed by atoms with E-state index >= 15 is 0 Å². The molecule has 0 aromatic heterocycles. The Morgan fingerprint density at radius 2 is 1.83 bits per heavy atom. The van der Waals surface area contributed by atoms with Gasteiger partial charge in [0, 0.05) is 12.1 Å². The molecule has 1 aliphatic heterocycles. The minimum atomic E-state index is -0.0927.